The third kappa shape index (κ3) is 4.85. The molecule has 0 bridgehead atoms. The molecule has 0 fully saturated rings. The van der Waals surface area contributed by atoms with Gasteiger partial charge in [-0.1, -0.05) is 13.3 Å². The van der Waals surface area contributed by atoms with Crippen LogP contribution in [0.2, 0.25) is 0 Å². The summed E-state index contributed by atoms with van der Waals surface area (Å²) in [5.41, 5.74) is 6.39. The molecular weight excluding hydrogens is 236 g/mol. The first-order valence-corrected chi connectivity index (χ1v) is 6.78. The molecule has 1 aromatic rings. The maximum atomic E-state index is 11.6. The second-order valence-electron chi connectivity index (χ2n) is 4.09. The van der Waals surface area contributed by atoms with Gasteiger partial charge in [-0.2, -0.15) is 11.3 Å². The number of amides is 1. The molecule has 96 valence electrons. The average molecular weight is 256 g/mol. The lowest BCUT2D eigenvalue weighted by atomic mass is 10.0. The predicted octanol–water partition coefficient (Wildman–Crippen LogP) is 1.27. The summed E-state index contributed by atoms with van der Waals surface area (Å²) in [6, 6.07) is 1.86. The van der Waals surface area contributed by atoms with Gasteiger partial charge in [0.25, 0.3) is 0 Å². The molecule has 0 aromatic carbocycles. The van der Waals surface area contributed by atoms with E-state index in [1.165, 1.54) is 11.3 Å². The van der Waals surface area contributed by atoms with Crippen molar-refractivity contribution >= 4 is 17.2 Å². The highest BCUT2D eigenvalue weighted by Crippen LogP contribution is 2.15. The maximum absolute atomic E-state index is 11.6. The fourth-order valence-electron chi connectivity index (χ4n) is 1.52. The van der Waals surface area contributed by atoms with E-state index in [0.29, 0.717) is 13.0 Å². The summed E-state index contributed by atoms with van der Waals surface area (Å²) < 4.78 is 0. The van der Waals surface area contributed by atoms with Crippen molar-refractivity contribution in [2.45, 2.75) is 25.9 Å². The molecule has 1 amide bonds. The lowest BCUT2D eigenvalue weighted by Crippen LogP contribution is -2.31. The van der Waals surface area contributed by atoms with Gasteiger partial charge in [0, 0.05) is 13.0 Å². The zero-order chi connectivity index (χ0) is 12.7. The Kier molecular flexibility index (Phi) is 6.18. The first-order chi connectivity index (χ1) is 8.17. The zero-order valence-electron chi connectivity index (χ0n) is 10.1. The number of hydrogen-bond donors (Lipinski definition) is 3. The van der Waals surface area contributed by atoms with Crippen LogP contribution in [-0.4, -0.2) is 24.1 Å². The zero-order valence-corrected chi connectivity index (χ0v) is 10.9. The molecule has 0 aliphatic carbocycles. The fourth-order valence-corrected chi connectivity index (χ4v) is 2.23. The number of nitrogens with two attached hydrogens (primary N) is 1. The van der Waals surface area contributed by atoms with Crippen LogP contribution >= 0.6 is 11.3 Å². The van der Waals surface area contributed by atoms with Crippen LogP contribution in [0.4, 0.5) is 0 Å². The number of thiophene rings is 1. The Morgan fingerprint density at radius 1 is 1.65 bits per heavy atom. The lowest BCUT2D eigenvalue weighted by molar-refractivity contribution is -0.122. The van der Waals surface area contributed by atoms with E-state index in [0.717, 1.165) is 12.0 Å². The fraction of sp³-hybridized carbons (Fsp3) is 0.583. The number of nitrogens with one attached hydrogen (secondary N) is 1. The van der Waals surface area contributed by atoms with E-state index in [4.69, 9.17) is 5.73 Å². The Balaban J connectivity index is 2.28. The lowest BCUT2D eigenvalue weighted by Gasteiger charge is -2.14. The smallest absolute Gasteiger partial charge is 0.220 e. The van der Waals surface area contributed by atoms with Gasteiger partial charge in [-0.15, -0.1) is 0 Å². The van der Waals surface area contributed by atoms with Crippen LogP contribution in [0, 0.1) is 5.92 Å². The van der Waals surface area contributed by atoms with Crippen LogP contribution in [-0.2, 0) is 4.79 Å². The van der Waals surface area contributed by atoms with Crippen molar-refractivity contribution in [3.63, 3.8) is 0 Å². The molecule has 1 rings (SSSR count). The van der Waals surface area contributed by atoms with E-state index in [2.05, 4.69) is 5.32 Å². The quantitative estimate of drug-likeness (QED) is 0.688. The topological polar surface area (TPSA) is 75.4 Å². The molecule has 1 aromatic heterocycles. The number of hydrogen-bond acceptors (Lipinski definition) is 4. The van der Waals surface area contributed by atoms with Crippen molar-refractivity contribution in [3.8, 4) is 0 Å². The van der Waals surface area contributed by atoms with E-state index in [9.17, 15) is 9.90 Å². The molecule has 2 unspecified atom stereocenters. The van der Waals surface area contributed by atoms with E-state index in [1.807, 2.05) is 23.8 Å². The molecule has 17 heavy (non-hydrogen) atoms. The summed E-state index contributed by atoms with van der Waals surface area (Å²) in [6.45, 7) is 2.80. The summed E-state index contributed by atoms with van der Waals surface area (Å²) in [5, 5.41) is 16.3. The van der Waals surface area contributed by atoms with Gasteiger partial charge < -0.3 is 16.2 Å². The number of carbonyl (C=O) groups excluding carboxylic acids is 1. The van der Waals surface area contributed by atoms with Crippen LogP contribution < -0.4 is 11.1 Å². The monoisotopic (exact) mass is 256 g/mol. The van der Waals surface area contributed by atoms with Gasteiger partial charge in [-0.25, -0.2) is 0 Å². The van der Waals surface area contributed by atoms with Crippen molar-refractivity contribution in [3.05, 3.63) is 22.4 Å². The van der Waals surface area contributed by atoms with Gasteiger partial charge >= 0.3 is 0 Å². The third-order valence-corrected chi connectivity index (χ3v) is 3.51. The van der Waals surface area contributed by atoms with Crippen molar-refractivity contribution < 1.29 is 9.90 Å². The first kappa shape index (κ1) is 14.2. The van der Waals surface area contributed by atoms with Gasteiger partial charge in [0.15, 0.2) is 0 Å². The van der Waals surface area contributed by atoms with Gasteiger partial charge in [0.2, 0.25) is 5.91 Å². The van der Waals surface area contributed by atoms with Crippen molar-refractivity contribution in [1.29, 1.82) is 0 Å². The SMILES string of the molecule is CCC(CN)CC(=O)NCC(O)c1ccsc1. The van der Waals surface area contributed by atoms with E-state index < -0.39 is 6.10 Å². The Morgan fingerprint density at radius 3 is 2.94 bits per heavy atom. The summed E-state index contributed by atoms with van der Waals surface area (Å²) in [7, 11) is 0. The molecule has 1 heterocycles. The highest BCUT2D eigenvalue weighted by atomic mass is 32.1. The van der Waals surface area contributed by atoms with E-state index >= 15 is 0 Å². The molecule has 0 saturated heterocycles. The normalized spacial score (nSPS) is 14.3. The molecule has 2 atom stereocenters. The van der Waals surface area contributed by atoms with E-state index in [-0.39, 0.29) is 18.4 Å². The number of carbonyl (C=O) groups is 1. The van der Waals surface area contributed by atoms with Crippen molar-refractivity contribution in [1.82, 2.24) is 5.32 Å². The number of aliphatic hydroxyl groups excluding tert-OH is 1. The van der Waals surface area contributed by atoms with Crippen molar-refractivity contribution in [2.24, 2.45) is 11.7 Å². The summed E-state index contributed by atoms with van der Waals surface area (Å²) in [6.07, 6.45) is 0.712. The molecule has 0 radical (unpaired) electrons. The van der Waals surface area contributed by atoms with Crippen LogP contribution in [0.5, 0.6) is 0 Å². The predicted molar refractivity (Wildman–Crippen MR) is 69.7 cm³/mol. The van der Waals surface area contributed by atoms with Gasteiger partial charge in [-0.05, 0) is 34.9 Å². The van der Waals surface area contributed by atoms with Crippen LogP contribution in [0.25, 0.3) is 0 Å². The highest BCUT2D eigenvalue weighted by molar-refractivity contribution is 7.07. The van der Waals surface area contributed by atoms with Crippen LogP contribution in [0.1, 0.15) is 31.4 Å². The Labute approximate surface area is 106 Å². The molecule has 5 heteroatoms. The second kappa shape index (κ2) is 7.42. The van der Waals surface area contributed by atoms with Gasteiger partial charge in [-0.3, -0.25) is 4.79 Å². The number of aliphatic hydroxyl groups is 1. The largest absolute Gasteiger partial charge is 0.387 e. The first-order valence-electron chi connectivity index (χ1n) is 5.84. The Hall–Kier alpha value is -0.910. The summed E-state index contributed by atoms with van der Waals surface area (Å²) in [5.74, 6) is 0.185. The molecule has 0 aliphatic heterocycles. The van der Waals surface area contributed by atoms with Gasteiger partial charge in [0.05, 0.1) is 6.10 Å². The van der Waals surface area contributed by atoms with Crippen LogP contribution in [0.3, 0.4) is 0 Å². The van der Waals surface area contributed by atoms with Gasteiger partial charge in [0.1, 0.15) is 0 Å². The second-order valence-corrected chi connectivity index (χ2v) is 4.87. The minimum Gasteiger partial charge on any atom is -0.387 e. The highest BCUT2D eigenvalue weighted by Gasteiger charge is 2.13. The van der Waals surface area contributed by atoms with Crippen LogP contribution in [0.15, 0.2) is 16.8 Å². The Bertz CT molecular complexity index is 323. The van der Waals surface area contributed by atoms with E-state index in [1.54, 1.807) is 0 Å². The minimum absolute atomic E-state index is 0.0448. The summed E-state index contributed by atoms with van der Waals surface area (Å²) in [4.78, 5) is 11.6. The molecular formula is C12H20N2O2S. The maximum Gasteiger partial charge on any atom is 0.220 e. The minimum atomic E-state index is -0.622. The summed E-state index contributed by atoms with van der Waals surface area (Å²) >= 11 is 1.53. The number of rotatable bonds is 7. The molecule has 4 nitrogen and oxygen atoms in total. The molecule has 4 N–H and O–H groups in total. The standard InChI is InChI=1S/C12H20N2O2S/c1-2-9(6-13)5-12(16)14-7-11(15)10-3-4-17-8-10/h3-4,8-9,11,15H,2,5-7,13H2,1H3,(H,14,16). The van der Waals surface area contributed by atoms with Crippen molar-refractivity contribution in [2.75, 3.05) is 13.1 Å². The average Bonchev–Trinajstić information content (AvgIpc) is 2.86. The molecule has 0 aliphatic rings. The molecule has 0 saturated carbocycles. The third-order valence-electron chi connectivity index (χ3n) is 2.81. The Morgan fingerprint density at radius 2 is 2.41 bits per heavy atom. The molecule has 0 spiro atoms.